The average Bonchev–Trinajstić information content (AvgIpc) is 3.01. The molecule has 1 fully saturated rings. The van der Waals surface area contributed by atoms with Crippen molar-refractivity contribution in [1.82, 2.24) is 25.1 Å². The first-order chi connectivity index (χ1) is 10.9. The highest BCUT2D eigenvalue weighted by molar-refractivity contribution is 7.89. The molecule has 8 nitrogen and oxygen atoms in total. The quantitative estimate of drug-likeness (QED) is 0.613. The lowest BCUT2D eigenvalue weighted by Crippen LogP contribution is -2.55. The van der Waals surface area contributed by atoms with E-state index >= 15 is 0 Å². The zero-order chi connectivity index (χ0) is 16.9. The van der Waals surface area contributed by atoms with Gasteiger partial charge in [0.2, 0.25) is 15.9 Å². The highest BCUT2D eigenvalue weighted by Crippen LogP contribution is 2.27. The average molecular weight is 343 g/mol. The van der Waals surface area contributed by atoms with Crippen molar-refractivity contribution in [3.05, 3.63) is 18.5 Å². The van der Waals surface area contributed by atoms with Crippen LogP contribution in [0.5, 0.6) is 0 Å². The number of rotatable bonds is 7. The normalized spacial score (nSPS) is 18.0. The monoisotopic (exact) mass is 343 g/mol. The van der Waals surface area contributed by atoms with Crippen molar-refractivity contribution in [2.75, 3.05) is 25.4 Å². The van der Waals surface area contributed by atoms with Gasteiger partial charge in [0.05, 0.1) is 5.75 Å². The summed E-state index contributed by atoms with van der Waals surface area (Å²) in [6.07, 6.45) is 4.67. The molecular weight excluding hydrogens is 318 g/mol. The van der Waals surface area contributed by atoms with Gasteiger partial charge in [-0.15, -0.1) is 0 Å². The Morgan fingerprint density at radius 1 is 1.39 bits per heavy atom. The molecule has 0 bridgehead atoms. The molecule has 0 saturated carbocycles. The molecule has 1 aromatic rings. The number of nitrogens with one attached hydrogen (secondary N) is 3. The Labute approximate surface area is 137 Å². The molecule has 3 N–H and O–H groups in total. The number of aromatic nitrogens is 2. The predicted molar refractivity (Wildman–Crippen MR) is 87.4 cm³/mol. The summed E-state index contributed by atoms with van der Waals surface area (Å²) in [5.74, 6) is -0.313. The van der Waals surface area contributed by atoms with Crippen molar-refractivity contribution in [1.29, 1.82) is 0 Å². The van der Waals surface area contributed by atoms with E-state index in [-0.39, 0.29) is 24.2 Å². The molecule has 130 valence electrons. The summed E-state index contributed by atoms with van der Waals surface area (Å²) < 4.78 is 27.8. The van der Waals surface area contributed by atoms with Crippen LogP contribution in [0.15, 0.2) is 18.5 Å². The van der Waals surface area contributed by atoms with Crippen molar-refractivity contribution in [3.8, 4) is 0 Å². The van der Waals surface area contributed by atoms with E-state index in [0.717, 1.165) is 13.1 Å². The summed E-state index contributed by atoms with van der Waals surface area (Å²) in [6.45, 7) is 5.05. The first-order valence-electron chi connectivity index (χ1n) is 7.85. The van der Waals surface area contributed by atoms with E-state index in [2.05, 4.69) is 20.5 Å². The fourth-order valence-corrected chi connectivity index (χ4v) is 4.01. The summed E-state index contributed by atoms with van der Waals surface area (Å²) in [5, 5.41) is 10.2. The minimum atomic E-state index is -3.38. The smallest absolute Gasteiger partial charge is 0.248 e. The Morgan fingerprint density at radius 2 is 2.09 bits per heavy atom. The summed E-state index contributed by atoms with van der Waals surface area (Å²) in [4.78, 5) is 12.7. The number of hydrogen-bond acceptors (Lipinski definition) is 5. The molecule has 1 aromatic heterocycles. The molecular formula is C14H25N5O3S. The summed E-state index contributed by atoms with van der Waals surface area (Å²) in [6, 6.07) is 1.63. The largest absolute Gasteiger partial charge is 0.353 e. The second-order valence-corrected chi connectivity index (χ2v) is 7.95. The maximum Gasteiger partial charge on any atom is 0.248 e. The standard InChI is InChI=1S/C14H25N5O3S/c1-12(2)18-23(21,22)11-9-16-13(20)14(4-7-15-8-5-14)19-10-3-6-17-19/h3,6,10,12,15,18H,4-5,7-9,11H2,1-2H3,(H,16,20). The van der Waals surface area contributed by atoms with Crippen molar-refractivity contribution in [2.24, 2.45) is 0 Å². The molecule has 0 aliphatic carbocycles. The Kier molecular flexibility index (Phi) is 5.77. The molecule has 0 aromatic carbocycles. The topological polar surface area (TPSA) is 105 Å². The Hall–Kier alpha value is -1.45. The Balaban J connectivity index is 2.00. The van der Waals surface area contributed by atoms with Crippen molar-refractivity contribution in [3.63, 3.8) is 0 Å². The molecule has 0 atom stereocenters. The number of hydrogen-bond donors (Lipinski definition) is 3. The number of amides is 1. The van der Waals surface area contributed by atoms with Gasteiger partial charge in [-0.2, -0.15) is 5.10 Å². The Bertz CT molecular complexity index is 606. The minimum Gasteiger partial charge on any atom is -0.353 e. The van der Waals surface area contributed by atoms with E-state index in [1.807, 2.05) is 0 Å². The first-order valence-corrected chi connectivity index (χ1v) is 9.50. The number of carbonyl (C=O) groups excluding carboxylic acids is 1. The molecule has 9 heteroatoms. The molecule has 2 rings (SSSR count). The highest BCUT2D eigenvalue weighted by atomic mass is 32.2. The van der Waals surface area contributed by atoms with Crippen LogP contribution in [0.25, 0.3) is 0 Å². The lowest BCUT2D eigenvalue weighted by atomic mass is 9.87. The SMILES string of the molecule is CC(C)NS(=O)(=O)CCNC(=O)C1(n2cccn2)CCNCC1. The van der Waals surface area contributed by atoms with Gasteiger partial charge in [0.25, 0.3) is 0 Å². The lowest BCUT2D eigenvalue weighted by molar-refractivity contribution is -0.131. The van der Waals surface area contributed by atoms with E-state index in [4.69, 9.17) is 0 Å². The van der Waals surface area contributed by atoms with Crippen LogP contribution in [0.4, 0.5) is 0 Å². The third-order valence-corrected chi connectivity index (χ3v) is 5.44. The number of carbonyl (C=O) groups is 1. The maximum atomic E-state index is 12.7. The van der Waals surface area contributed by atoms with Gasteiger partial charge in [0, 0.05) is 25.0 Å². The summed E-state index contributed by atoms with van der Waals surface area (Å²) in [5.41, 5.74) is -0.746. The fourth-order valence-electron chi connectivity index (χ4n) is 2.80. The molecule has 2 heterocycles. The van der Waals surface area contributed by atoms with Crippen LogP contribution in [-0.2, 0) is 20.4 Å². The fraction of sp³-hybridized carbons (Fsp3) is 0.714. The predicted octanol–water partition coefficient (Wildman–Crippen LogP) is -0.594. The molecule has 0 spiro atoms. The van der Waals surface area contributed by atoms with Crippen LogP contribution in [-0.4, -0.2) is 55.5 Å². The molecule has 1 amide bonds. The number of piperidine rings is 1. The minimum absolute atomic E-state index is 0.0807. The third-order valence-electron chi connectivity index (χ3n) is 3.87. The second-order valence-electron chi connectivity index (χ2n) is 6.08. The number of sulfonamides is 1. The molecule has 1 saturated heterocycles. The summed E-state index contributed by atoms with van der Waals surface area (Å²) in [7, 11) is -3.38. The second kappa shape index (κ2) is 7.41. The van der Waals surface area contributed by atoms with E-state index in [1.54, 1.807) is 37.0 Å². The molecule has 23 heavy (non-hydrogen) atoms. The van der Waals surface area contributed by atoms with Crippen molar-refractivity contribution in [2.45, 2.75) is 38.3 Å². The molecule has 0 unspecified atom stereocenters. The summed E-state index contributed by atoms with van der Waals surface area (Å²) >= 11 is 0. The lowest BCUT2D eigenvalue weighted by Gasteiger charge is -2.36. The van der Waals surface area contributed by atoms with Crippen molar-refractivity contribution >= 4 is 15.9 Å². The van der Waals surface area contributed by atoms with Gasteiger partial charge in [-0.25, -0.2) is 13.1 Å². The van der Waals surface area contributed by atoms with Crippen LogP contribution in [0.2, 0.25) is 0 Å². The maximum absolute atomic E-state index is 12.7. The molecule has 1 aliphatic rings. The van der Waals surface area contributed by atoms with Gasteiger partial charge in [0.1, 0.15) is 5.54 Å². The van der Waals surface area contributed by atoms with Crippen LogP contribution in [0, 0.1) is 0 Å². The van der Waals surface area contributed by atoms with E-state index < -0.39 is 15.6 Å². The zero-order valence-electron chi connectivity index (χ0n) is 13.6. The Morgan fingerprint density at radius 3 is 2.65 bits per heavy atom. The van der Waals surface area contributed by atoms with Gasteiger partial charge >= 0.3 is 0 Å². The molecule has 1 aliphatic heterocycles. The van der Waals surface area contributed by atoms with Gasteiger partial charge in [-0.1, -0.05) is 0 Å². The number of nitrogens with zero attached hydrogens (tertiary/aromatic N) is 2. The van der Waals surface area contributed by atoms with Crippen LogP contribution in [0.1, 0.15) is 26.7 Å². The van der Waals surface area contributed by atoms with E-state index in [0.29, 0.717) is 12.8 Å². The van der Waals surface area contributed by atoms with Gasteiger partial charge in [-0.3, -0.25) is 9.48 Å². The van der Waals surface area contributed by atoms with Gasteiger partial charge < -0.3 is 10.6 Å². The van der Waals surface area contributed by atoms with E-state index in [1.165, 1.54) is 0 Å². The van der Waals surface area contributed by atoms with E-state index in [9.17, 15) is 13.2 Å². The van der Waals surface area contributed by atoms with Crippen LogP contribution in [0.3, 0.4) is 0 Å². The third kappa shape index (κ3) is 4.52. The van der Waals surface area contributed by atoms with Crippen LogP contribution >= 0.6 is 0 Å². The highest BCUT2D eigenvalue weighted by Gasteiger charge is 2.41. The zero-order valence-corrected chi connectivity index (χ0v) is 14.4. The van der Waals surface area contributed by atoms with Crippen LogP contribution < -0.4 is 15.4 Å². The van der Waals surface area contributed by atoms with Gasteiger partial charge in [0.15, 0.2) is 0 Å². The molecule has 0 radical (unpaired) electrons. The first kappa shape index (κ1) is 17.9. The van der Waals surface area contributed by atoms with Crippen molar-refractivity contribution < 1.29 is 13.2 Å². The van der Waals surface area contributed by atoms with Gasteiger partial charge in [-0.05, 0) is 45.8 Å².